The average molecular weight is 380 g/mol. The molecule has 0 amide bonds. The summed E-state index contributed by atoms with van der Waals surface area (Å²) in [5, 5.41) is 2.32. The Bertz CT molecular complexity index is 681. The molecule has 0 bridgehead atoms. The van der Waals surface area contributed by atoms with E-state index in [0.29, 0.717) is 6.07 Å². The molecule has 1 N–H and O–H groups in total. The molecular formula is C13H9BrF3NO4. The fraction of sp³-hybridized carbons (Fsp3) is 0.231. The van der Waals surface area contributed by atoms with Crippen LogP contribution in [0.1, 0.15) is 13.8 Å². The maximum atomic E-state index is 13.4. The average Bonchev–Trinajstić information content (AvgIpc) is 2.39. The van der Waals surface area contributed by atoms with Gasteiger partial charge in [-0.15, -0.1) is 0 Å². The molecule has 1 fully saturated rings. The number of ether oxygens (including phenoxy) is 2. The number of halogens is 4. The number of hydrogen-bond donors (Lipinski definition) is 1. The molecule has 0 atom stereocenters. The first-order valence-electron chi connectivity index (χ1n) is 5.89. The first-order valence-corrected chi connectivity index (χ1v) is 6.68. The third kappa shape index (κ3) is 3.08. The molecule has 1 saturated heterocycles. The van der Waals surface area contributed by atoms with Crippen LogP contribution in [0.4, 0.5) is 18.9 Å². The Labute approximate surface area is 131 Å². The summed E-state index contributed by atoms with van der Waals surface area (Å²) in [5.41, 5.74) is -0.731. The van der Waals surface area contributed by atoms with Gasteiger partial charge in [-0.3, -0.25) is 0 Å². The third-order valence-corrected chi connectivity index (χ3v) is 3.37. The van der Waals surface area contributed by atoms with Crippen LogP contribution in [-0.2, 0) is 19.1 Å². The molecule has 1 heterocycles. The molecule has 1 aliphatic heterocycles. The predicted molar refractivity (Wildman–Crippen MR) is 72.0 cm³/mol. The van der Waals surface area contributed by atoms with Crippen LogP contribution in [0.2, 0.25) is 0 Å². The molecular weight excluding hydrogens is 371 g/mol. The quantitative estimate of drug-likeness (QED) is 0.281. The van der Waals surface area contributed by atoms with Gasteiger partial charge in [-0.25, -0.2) is 22.8 Å². The highest BCUT2D eigenvalue weighted by molar-refractivity contribution is 9.10. The van der Waals surface area contributed by atoms with Crippen molar-refractivity contribution in [3.8, 4) is 0 Å². The van der Waals surface area contributed by atoms with Crippen LogP contribution in [0.25, 0.3) is 0 Å². The summed E-state index contributed by atoms with van der Waals surface area (Å²) >= 11 is 2.73. The fourth-order valence-electron chi connectivity index (χ4n) is 1.61. The van der Waals surface area contributed by atoms with Crippen molar-refractivity contribution in [3.05, 3.63) is 39.8 Å². The zero-order chi connectivity index (χ0) is 16.7. The molecule has 0 unspecified atom stereocenters. The fourth-order valence-corrected chi connectivity index (χ4v) is 2.01. The van der Waals surface area contributed by atoms with Gasteiger partial charge < -0.3 is 14.8 Å². The standard InChI is InChI=1S/C13H9BrF3NO4/c1-13(2)21-11(19)5(12(20)22-13)4-18-7-3-6(15)9(16)10(17)8(7)14/h3-4,18H,1-2H3. The lowest BCUT2D eigenvalue weighted by Gasteiger charge is -2.29. The van der Waals surface area contributed by atoms with Gasteiger partial charge in [-0.05, 0) is 15.9 Å². The van der Waals surface area contributed by atoms with E-state index >= 15 is 0 Å². The highest BCUT2D eigenvalue weighted by Gasteiger charge is 2.39. The van der Waals surface area contributed by atoms with Gasteiger partial charge in [0.15, 0.2) is 23.0 Å². The minimum atomic E-state index is -1.65. The molecule has 22 heavy (non-hydrogen) atoms. The van der Waals surface area contributed by atoms with Crippen molar-refractivity contribution in [2.45, 2.75) is 19.6 Å². The van der Waals surface area contributed by atoms with Crippen molar-refractivity contribution in [1.29, 1.82) is 0 Å². The van der Waals surface area contributed by atoms with Crippen molar-refractivity contribution in [1.82, 2.24) is 0 Å². The monoisotopic (exact) mass is 379 g/mol. The summed E-state index contributed by atoms with van der Waals surface area (Å²) in [6, 6.07) is 0.656. The van der Waals surface area contributed by atoms with Crippen LogP contribution in [0.3, 0.4) is 0 Å². The van der Waals surface area contributed by atoms with Crippen LogP contribution in [0, 0.1) is 17.5 Å². The Morgan fingerprint density at radius 1 is 1.14 bits per heavy atom. The Hall–Kier alpha value is -2.03. The Morgan fingerprint density at radius 3 is 2.23 bits per heavy atom. The topological polar surface area (TPSA) is 64.6 Å². The van der Waals surface area contributed by atoms with Gasteiger partial charge in [0, 0.05) is 26.1 Å². The molecule has 2 rings (SSSR count). The summed E-state index contributed by atoms with van der Waals surface area (Å²) in [7, 11) is 0. The number of esters is 2. The summed E-state index contributed by atoms with van der Waals surface area (Å²) < 4.78 is 48.8. The van der Waals surface area contributed by atoms with E-state index in [0.717, 1.165) is 6.20 Å². The Kier molecular flexibility index (Phi) is 4.19. The molecule has 0 aromatic heterocycles. The van der Waals surface area contributed by atoms with E-state index in [2.05, 4.69) is 21.2 Å². The number of rotatable bonds is 2. The minimum absolute atomic E-state index is 0.227. The number of carbonyl (C=O) groups is 2. The minimum Gasteiger partial charge on any atom is -0.419 e. The number of benzene rings is 1. The van der Waals surface area contributed by atoms with Crippen LogP contribution >= 0.6 is 15.9 Å². The second kappa shape index (κ2) is 5.64. The Morgan fingerprint density at radius 2 is 1.68 bits per heavy atom. The largest absolute Gasteiger partial charge is 0.419 e. The smallest absolute Gasteiger partial charge is 0.350 e. The first kappa shape index (κ1) is 16.3. The highest BCUT2D eigenvalue weighted by atomic mass is 79.9. The second-order valence-corrected chi connectivity index (χ2v) is 5.52. The summed E-state index contributed by atoms with van der Waals surface area (Å²) in [4.78, 5) is 23.3. The van der Waals surface area contributed by atoms with Gasteiger partial charge in [-0.1, -0.05) is 0 Å². The number of nitrogens with one attached hydrogen (secondary N) is 1. The normalized spacial score (nSPS) is 16.9. The van der Waals surface area contributed by atoms with E-state index in [4.69, 9.17) is 9.47 Å². The van der Waals surface area contributed by atoms with E-state index < -0.39 is 45.2 Å². The molecule has 1 aliphatic rings. The molecule has 9 heteroatoms. The third-order valence-electron chi connectivity index (χ3n) is 2.59. The van der Waals surface area contributed by atoms with E-state index in [9.17, 15) is 22.8 Å². The highest BCUT2D eigenvalue weighted by Crippen LogP contribution is 2.30. The molecule has 1 aromatic rings. The summed E-state index contributed by atoms with van der Waals surface area (Å²) in [6.45, 7) is 2.74. The van der Waals surface area contributed by atoms with E-state index in [1.807, 2.05) is 0 Å². The Balaban J connectivity index is 2.30. The van der Waals surface area contributed by atoms with Crippen molar-refractivity contribution < 1.29 is 32.2 Å². The molecule has 0 saturated carbocycles. The van der Waals surface area contributed by atoms with E-state index in [1.165, 1.54) is 13.8 Å². The zero-order valence-electron chi connectivity index (χ0n) is 11.3. The van der Waals surface area contributed by atoms with Crippen LogP contribution in [0.15, 0.2) is 22.3 Å². The van der Waals surface area contributed by atoms with Gasteiger partial charge in [0.05, 0.1) is 10.2 Å². The number of anilines is 1. The SMILES string of the molecule is CC1(C)OC(=O)C(=CNc2cc(F)c(F)c(F)c2Br)C(=O)O1. The van der Waals surface area contributed by atoms with Crippen molar-refractivity contribution in [3.63, 3.8) is 0 Å². The molecule has 5 nitrogen and oxygen atoms in total. The van der Waals surface area contributed by atoms with Gasteiger partial charge in [0.1, 0.15) is 0 Å². The zero-order valence-corrected chi connectivity index (χ0v) is 12.9. The lowest BCUT2D eigenvalue weighted by molar-refractivity contribution is -0.222. The number of cyclic esters (lactones) is 2. The van der Waals surface area contributed by atoms with Crippen molar-refractivity contribution >= 4 is 33.6 Å². The lowest BCUT2D eigenvalue weighted by atomic mass is 10.2. The first-order chi connectivity index (χ1) is 10.1. The summed E-state index contributed by atoms with van der Waals surface area (Å²) in [5.74, 6) is -7.86. The van der Waals surface area contributed by atoms with Crippen LogP contribution in [0.5, 0.6) is 0 Å². The van der Waals surface area contributed by atoms with Crippen LogP contribution in [-0.4, -0.2) is 17.7 Å². The van der Waals surface area contributed by atoms with Gasteiger partial charge in [0.2, 0.25) is 0 Å². The van der Waals surface area contributed by atoms with Gasteiger partial charge >= 0.3 is 11.9 Å². The van der Waals surface area contributed by atoms with Gasteiger partial charge in [0.25, 0.3) is 5.79 Å². The van der Waals surface area contributed by atoms with Gasteiger partial charge in [-0.2, -0.15) is 0 Å². The number of hydrogen-bond acceptors (Lipinski definition) is 5. The molecule has 0 spiro atoms. The maximum absolute atomic E-state index is 13.4. The second-order valence-electron chi connectivity index (χ2n) is 4.73. The molecule has 0 radical (unpaired) electrons. The summed E-state index contributed by atoms with van der Waals surface area (Å²) in [6.07, 6.45) is 0.858. The van der Waals surface area contributed by atoms with Crippen molar-refractivity contribution in [2.24, 2.45) is 0 Å². The molecule has 118 valence electrons. The van der Waals surface area contributed by atoms with E-state index in [1.54, 1.807) is 0 Å². The molecule has 0 aliphatic carbocycles. The predicted octanol–water partition coefficient (Wildman–Crippen LogP) is 3.00. The molecule has 1 aromatic carbocycles. The van der Waals surface area contributed by atoms with Crippen molar-refractivity contribution in [2.75, 3.05) is 5.32 Å². The van der Waals surface area contributed by atoms with Crippen LogP contribution < -0.4 is 5.32 Å². The maximum Gasteiger partial charge on any atom is 0.350 e. The number of carbonyl (C=O) groups excluding carboxylic acids is 2. The lowest BCUT2D eigenvalue weighted by Crippen LogP contribution is -2.42. The van der Waals surface area contributed by atoms with E-state index in [-0.39, 0.29) is 5.69 Å².